The molecule has 37 heavy (non-hydrogen) atoms. The van der Waals surface area contributed by atoms with Gasteiger partial charge in [-0.05, 0) is 36.5 Å². The average molecular weight is 528 g/mol. The maximum Gasteiger partial charge on any atom is 0.195 e. The van der Waals surface area contributed by atoms with Gasteiger partial charge in [-0.15, -0.1) is 10.2 Å². The normalized spacial score (nSPS) is 12.5. The Bertz CT molecular complexity index is 811. The molecular formula is C33H57N3S. The lowest BCUT2D eigenvalue weighted by molar-refractivity contribution is 0.531. The van der Waals surface area contributed by atoms with Crippen LogP contribution in [0, 0.1) is 0 Å². The summed E-state index contributed by atoms with van der Waals surface area (Å²) < 4.78 is 2.30. The molecule has 0 radical (unpaired) electrons. The minimum Gasteiger partial charge on any atom is -0.274 e. The summed E-state index contributed by atoms with van der Waals surface area (Å²) in [4.78, 5) is 0. The monoisotopic (exact) mass is 527 g/mol. The number of hydrogen-bond donors (Lipinski definition) is 0. The molecule has 1 atom stereocenters. The molecule has 0 fully saturated rings. The first-order valence-electron chi connectivity index (χ1n) is 15.8. The van der Waals surface area contributed by atoms with E-state index >= 15 is 0 Å². The Balaban J connectivity index is 1.60. The van der Waals surface area contributed by atoms with Gasteiger partial charge in [0, 0.05) is 17.4 Å². The molecule has 0 amide bonds. The Hall–Kier alpha value is -1.29. The maximum atomic E-state index is 4.61. The molecule has 1 unspecified atom stereocenters. The fourth-order valence-corrected chi connectivity index (χ4v) is 5.90. The predicted octanol–water partition coefficient (Wildman–Crippen LogP) is 11.3. The first-order chi connectivity index (χ1) is 18.1. The van der Waals surface area contributed by atoms with E-state index < -0.39 is 0 Å². The Morgan fingerprint density at radius 1 is 0.649 bits per heavy atom. The minimum atomic E-state index is 0.405. The Morgan fingerprint density at radius 3 is 1.59 bits per heavy atom. The third kappa shape index (κ3) is 12.4. The van der Waals surface area contributed by atoms with Crippen LogP contribution < -0.4 is 0 Å². The zero-order chi connectivity index (χ0) is 26.7. The summed E-state index contributed by atoms with van der Waals surface area (Å²) in [6.45, 7) is 11.3. The van der Waals surface area contributed by atoms with Crippen molar-refractivity contribution in [2.24, 2.45) is 0 Å². The van der Waals surface area contributed by atoms with Crippen LogP contribution in [0.15, 0.2) is 29.4 Å². The van der Waals surface area contributed by atoms with Gasteiger partial charge < -0.3 is 0 Å². The second-order valence-corrected chi connectivity index (χ2v) is 12.4. The molecule has 2 aromatic rings. The molecule has 0 spiro atoms. The number of rotatable bonds is 22. The summed E-state index contributed by atoms with van der Waals surface area (Å²) in [5.41, 5.74) is 2.57. The molecular weight excluding hydrogens is 470 g/mol. The van der Waals surface area contributed by atoms with Gasteiger partial charge in [0.05, 0.1) is 0 Å². The summed E-state index contributed by atoms with van der Waals surface area (Å²) in [5.74, 6) is 3.17. The van der Waals surface area contributed by atoms with E-state index in [1.54, 1.807) is 0 Å². The van der Waals surface area contributed by atoms with E-state index in [9.17, 15) is 0 Å². The number of hydrogen-bond acceptors (Lipinski definition) is 3. The van der Waals surface area contributed by atoms with Crippen LogP contribution in [-0.4, -0.2) is 20.5 Å². The lowest BCUT2D eigenvalue weighted by atomic mass is 10.0. The van der Waals surface area contributed by atoms with Gasteiger partial charge in [-0.3, -0.25) is 4.57 Å². The van der Waals surface area contributed by atoms with E-state index in [1.807, 2.05) is 11.8 Å². The summed E-state index contributed by atoms with van der Waals surface area (Å²) in [6, 6.07) is 8.99. The van der Waals surface area contributed by atoms with Crippen molar-refractivity contribution in [3.8, 4) is 5.69 Å². The largest absolute Gasteiger partial charge is 0.274 e. The molecule has 210 valence electrons. The molecule has 0 aliphatic carbocycles. The second kappa shape index (κ2) is 19.7. The first-order valence-corrected chi connectivity index (χ1v) is 16.7. The standard InChI is InChI=1S/C33H57N3S/c1-6-8-9-10-11-12-13-14-15-16-17-18-19-20-21-22-27-37-33-35-34-32(29(5)7-2)36(33)31-25-23-30(24-26-31)28(3)4/h23-26,28-29H,6-22,27H2,1-5H3. The molecule has 2 rings (SSSR count). The van der Waals surface area contributed by atoms with Gasteiger partial charge >= 0.3 is 0 Å². The summed E-state index contributed by atoms with van der Waals surface area (Å²) in [5, 5.41) is 10.3. The van der Waals surface area contributed by atoms with Crippen molar-refractivity contribution in [3.63, 3.8) is 0 Å². The molecule has 4 heteroatoms. The lowest BCUT2D eigenvalue weighted by Gasteiger charge is -2.14. The van der Waals surface area contributed by atoms with Crippen LogP contribution in [0.1, 0.15) is 167 Å². The van der Waals surface area contributed by atoms with Crippen LogP contribution in [0.3, 0.4) is 0 Å². The molecule has 1 heterocycles. The molecule has 3 nitrogen and oxygen atoms in total. The molecule has 0 aliphatic rings. The molecule has 0 saturated carbocycles. The van der Waals surface area contributed by atoms with Crippen molar-refractivity contribution in [3.05, 3.63) is 35.7 Å². The Morgan fingerprint density at radius 2 is 1.14 bits per heavy atom. The fourth-order valence-electron chi connectivity index (χ4n) is 4.94. The summed E-state index contributed by atoms with van der Waals surface area (Å²) in [7, 11) is 0. The van der Waals surface area contributed by atoms with Crippen LogP contribution in [0.25, 0.3) is 5.69 Å². The van der Waals surface area contributed by atoms with Crippen LogP contribution in [0.5, 0.6) is 0 Å². The minimum absolute atomic E-state index is 0.405. The third-order valence-electron chi connectivity index (χ3n) is 7.76. The SMILES string of the molecule is CCCCCCCCCCCCCCCCCCSc1nnc(C(C)CC)n1-c1ccc(C(C)C)cc1. The number of unbranched alkanes of at least 4 members (excludes halogenated alkanes) is 15. The zero-order valence-electron chi connectivity index (χ0n) is 24.9. The van der Waals surface area contributed by atoms with Gasteiger partial charge in [0.1, 0.15) is 5.82 Å². The van der Waals surface area contributed by atoms with Crippen molar-refractivity contribution >= 4 is 11.8 Å². The highest BCUT2D eigenvalue weighted by molar-refractivity contribution is 7.99. The van der Waals surface area contributed by atoms with Crippen molar-refractivity contribution in [1.29, 1.82) is 0 Å². The Labute approximate surface area is 234 Å². The number of thioether (sulfide) groups is 1. The maximum absolute atomic E-state index is 4.61. The van der Waals surface area contributed by atoms with E-state index in [1.165, 1.54) is 114 Å². The smallest absolute Gasteiger partial charge is 0.195 e. The lowest BCUT2D eigenvalue weighted by Crippen LogP contribution is -2.06. The predicted molar refractivity (Wildman–Crippen MR) is 164 cm³/mol. The number of nitrogens with zero attached hydrogens (tertiary/aromatic N) is 3. The van der Waals surface area contributed by atoms with Gasteiger partial charge in [-0.25, -0.2) is 0 Å². The first kappa shape index (κ1) is 31.9. The highest BCUT2D eigenvalue weighted by Crippen LogP contribution is 2.29. The van der Waals surface area contributed by atoms with Crippen molar-refractivity contribution in [2.75, 3.05) is 5.75 Å². The molecule has 1 aromatic carbocycles. The van der Waals surface area contributed by atoms with E-state index in [2.05, 4.69) is 73.6 Å². The van der Waals surface area contributed by atoms with Crippen LogP contribution in [0.2, 0.25) is 0 Å². The Kier molecular flexibility index (Phi) is 17.0. The molecule has 0 saturated heterocycles. The van der Waals surface area contributed by atoms with Gasteiger partial charge in [0.15, 0.2) is 5.16 Å². The average Bonchev–Trinajstić information content (AvgIpc) is 3.33. The zero-order valence-corrected chi connectivity index (χ0v) is 25.8. The van der Waals surface area contributed by atoms with Crippen LogP contribution in [0.4, 0.5) is 0 Å². The second-order valence-electron chi connectivity index (χ2n) is 11.4. The van der Waals surface area contributed by atoms with Crippen molar-refractivity contribution < 1.29 is 0 Å². The number of aromatic nitrogens is 3. The van der Waals surface area contributed by atoms with Crippen LogP contribution in [-0.2, 0) is 0 Å². The molecule has 0 bridgehead atoms. The van der Waals surface area contributed by atoms with E-state index in [0.29, 0.717) is 11.8 Å². The molecule has 1 aromatic heterocycles. The van der Waals surface area contributed by atoms with Gasteiger partial charge in [0.2, 0.25) is 0 Å². The highest BCUT2D eigenvalue weighted by Gasteiger charge is 2.18. The summed E-state index contributed by atoms with van der Waals surface area (Å²) in [6.07, 6.45) is 23.7. The number of benzene rings is 1. The van der Waals surface area contributed by atoms with Crippen molar-refractivity contribution in [2.45, 2.75) is 161 Å². The van der Waals surface area contributed by atoms with Crippen LogP contribution >= 0.6 is 11.8 Å². The summed E-state index contributed by atoms with van der Waals surface area (Å²) >= 11 is 1.88. The van der Waals surface area contributed by atoms with Gasteiger partial charge in [0.25, 0.3) is 0 Å². The van der Waals surface area contributed by atoms with Gasteiger partial charge in [-0.1, -0.05) is 155 Å². The topological polar surface area (TPSA) is 30.7 Å². The van der Waals surface area contributed by atoms with E-state index in [4.69, 9.17) is 0 Å². The molecule has 0 aliphatic heterocycles. The third-order valence-corrected chi connectivity index (χ3v) is 8.77. The van der Waals surface area contributed by atoms with E-state index in [-0.39, 0.29) is 0 Å². The fraction of sp³-hybridized carbons (Fsp3) is 0.758. The van der Waals surface area contributed by atoms with Crippen molar-refractivity contribution in [1.82, 2.24) is 14.8 Å². The van der Waals surface area contributed by atoms with Gasteiger partial charge in [-0.2, -0.15) is 0 Å². The van der Waals surface area contributed by atoms with E-state index in [0.717, 1.165) is 23.2 Å². The molecule has 0 N–H and O–H groups in total. The highest BCUT2D eigenvalue weighted by atomic mass is 32.2. The quantitative estimate of drug-likeness (QED) is 0.113.